The lowest BCUT2D eigenvalue weighted by Gasteiger charge is -2.06. The molecule has 0 unspecified atom stereocenters. The number of amides is 1. The Morgan fingerprint density at radius 1 is 1.17 bits per heavy atom. The fourth-order valence-electron chi connectivity index (χ4n) is 2.52. The van der Waals surface area contributed by atoms with E-state index in [2.05, 4.69) is 15.4 Å². The normalized spacial score (nSPS) is 11.0. The Bertz CT molecular complexity index is 1110. The van der Waals surface area contributed by atoms with Gasteiger partial charge in [-0.05, 0) is 24.3 Å². The molecular formula is C17H12N4O3. The van der Waals surface area contributed by atoms with Crippen molar-refractivity contribution in [2.24, 2.45) is 0 Å². The van der Waals surface area contributed by atoms with Crippen molar-refractivity contribution in [2.75, 3.05) is 0 Å². The van der Waals surface area contributed by atoms with Gasteiger partial charge >= 0.3 is 5.63 Å². The summed E-state index contributed by atoms with van der Waals surface area (Å²) in [4.78, 5) is 28.4. The second kappa shape index (κ2) is 5.62. The fourth-order valence-corrected chi connectivity index (χ4v) is 2.52. The van der Waals surface area contributed by atoms with Gasteiger partial charge < -0.3 is 9.73 Å². The average molecular weight is 320 g/mol. The SMILES string of the molecule is O=C(NCc1cccc2ncnn12)c1cc2ccccc2oc1=O. The Kier molecular flexibility index (Phi) is 3.31. The van der Waals surface area contributed by atoms with E-state index in [-0.39, 0.29) is 12.1 Å². The van der Waals surface area contributed by atoms with Crippen LogP contribution in [-0.2, 0) is 6.54 Å². The molecule has 0 fully saturated rings. The van der Waals surface area contributed by atoms with E-state index in [0.717, 1.165) is 5.69 Å². The average Bonchev–Trinajstić information content (AvgIpc) is 3.08. The van der Waals surface area contributed by atoms with Crippen LogP contribution in [0.25, 0.3) is 16.6 Å². The number of carbonyl (C=O) groups is 1. The molecule has 0 aliphatic heterocycles. The van der Waals surface area contributed by atoms with Crippen LogP contribution in [0.3, 0.4) is 0 Å². The zero-order valence-corrected chi connectivity index (χ0v) is 12.5. The largest absolute Gasteiger partial charge is 0.422 e. The van der Waals surface area contributed by atoms with Crippen LogP contribution in [-0.4, -0.2) is 20.5 Å². The van der Waals surface area contributed by atoms with Crippen molar-refractivity contribution < 1.29 is 9.21 Å². The van der Waals surface area contributed by atoms with Crippen LogP contribution in [0.15, 0.2) is 64.1 Å². The number of benzene rings is 1. The molecule has 3 aromatic heterocycles. The molecule has 3 heterocycles. The summed E-state index contributed by atoms with van der Waals surface area (Å²) in [5.41, 5.74) is 1.20. The first-order valence-corrected chi connectivity index (χ1v) is 7.31. The lowest BCUT2D eigenvalue weighted by atomic mass is 10.2. The molecule has 0 aliphatic carbocycles. The number of rotatable bonds is 3. The maximum Gasteiger partial charge on any atom is 0.349 e. The summed E-state index contributed by atoms with van der Waals surface area (Å²) < 4.78 is 6.81. The highest BCUT2D eigenvalue weighted by Crippen LogP contribution is 2.12. The van der Waals surface area contributed by atoms with E-state index in [4.69, 9.17) is 4.42 Å². The Balaban J connectivity index is 1.61. The topological polar surface area (TPSA) is 89.5 Å². The van der Waals surface area contributed by atoms with E-state index < -0.39 is 11.5 Å². The van der Waals surface area contributed by atoms with Crippen LogP contribution in [0, 0.1) is 0 Å². The summed E-state index contributed by atoms with van der Waals surface area (Å²) in [7, 11) is 0. The van der Waals surface area contributed by atoms with Gasteiger partial charge in [-0.15, -0.1) is 0 Å². The first kappa shape index (κ1) is 14.1. The molecule has 7 heteroatoms. The van der Waals surface area contributed by atoms with Gasteiger partial charge in [0.15, 0.2) is 5.65 Å². The van der Waals surface area contributed by atoms with E-state index in [1.807, 2.05) is 24.3 Å². The predicted octanol–water partition coefficient (Wildman–Crippen LogP) is 1.77. The van der Waals surface area contributed by atoms with Gasteiger partial charge in [-0.25, -0.2) is 14.3 Å². The monoisotopic (exact) mass is 320 g/mol. The van der Waals surface area contributed by atoms with Crippen LogP contribution < -0.4 is 10.9 Å². The summed E-state index contributed by atoms with van der Waals surface area (Å²) in [6, 6.07) is 14.1. The van der Waals surface area contributed by atoms with E-state index in [0.29, 0.717) is 16.6 Å². The zero-order valence-electron chi connectivity index (χ0n) is 12.5. The molecule has 118 valence electrons. The minimum absolute atomic E-state index is 0.0283. The number of para-hydroxylation sites is 1. The summed E-state index contributed by atoms with van der Waals surface area (Å²) in [6.45, 7) is 0.214. The summed E-state index contributed by atoms with van der Waals surface area (Å²) >= 11 is 0. The Hall–Kier alpha value is -3.48. The maximum atomic E-state index is 12.3. The molecule has 0 saturated carbocycles. The number of nitrogens with zero attached hydrogens (tertiary/aromatic N) is 3. The molecule has 0 aliphatic rings. The molecule has 0 spiro atoms. The van der Waals surface area contributed by atoms with E-state index >= 15 is 0 Å². The van der Waals surface area contributed by atoms with E-state index in [1.54, 1.807) is 22.7 Å². The zero-order chi connectivity index (χ0) is 16.5. The van der Waals surface area contributed by atoms with Crippen molar-refractivity contribution in [3.05, 3.63) is 76.5 Å². The predicted molar refractivity (Wildman–Crippen MR) is 86.6 cm³/mol. The first-order valence-electron chi connectivity index (χ1n) is 7.31. The Morgan fingerprint density at radius 2 is 2.04 bits per heavy atom. The third-order valence-electron chi connectivity index (χ3n) is 3.70. The minimum Gasteiger partial charge on any atom is -0.422 e. The van der Waals surface area contributed by atoms with Gasteiger partial charge in [0.25, 0.3) is 5.91 Å². The molecule has 0 radical (unpaired) electrons. The number of hydrogen-bond donors (Lipinski definition) is 1. The van der Waals surface area contributed by atoms with Crippen molar-refractivity contribution in [2.45, 2.75) is 6.54 Å². The van der Waals surface area contributed by atoms with Crippen LogP contribution in [0.1, 0.15) is 16.1 Å². The summed E-state index contributed by atoms with van der Waals surface area (Å²) in [5, 5.41) is 7.51. The molecule has 7 nitrogen and oxygen atoms in total. The molecule has 24 heavy (non-hydrogen) atoms. The number of carbonyl (C=O) groups excluding carboxylic acids is 1. The summed E-state index contributed by atoms with van der Waals surface area (Å²) in [5.74, 6) is -0.494. The fraction of sp³-hybridized carbons (Fsp3) is 0.0588. The van der Waals surface area contributed by atoms with Gasteiger partial charge in [0, 0.05) is 5.39 Å². The van der Waals surface area contributed by atoms with Gasteiger partial charge in [-0.2, -0.15) is 5.10 Å². The molecule has 1 N–H and O–H groups in total. The number of pyridine rings is 1. The van der Waals surface area contributed by atoms with Crippen LogP contribution in [0.4, 0.5) is 0 Å². The van der Waals surface area contributed by atoms with Crippen molar-refractivity contribution in [1.82, 2.24) is 19.9 Å². The van der Waals surface area contributed by atoms with Crippen LogP contribution in [0.2, 0.25) is 0 Å². The smallest absolute Gasteiger partial charge is 0.349 e. The molecular weight excluding hydrogens is 308 g/mol. The third kappa shape index (κ3) is 2.41. The molecule has 4 aromatic rings. The van der Waals surface area contributed by atoms with E-state index in [1.165, 1.54) is 12.4 Å². The molecule has 1 aromatic carbocycles. The molecule has 1 amide bonds. The Morgan fingerprint density at radius 3 is 2.96 bits per heavy atom. The second-order valence-electron chi connectivity index (χ2n) is 5.22. The maximum absolute atomic E-state index is 12.3. The molecule has 0 bridgehead atoms. The van der Waals surface area contributed by atoms with Crippen LogP contribution >= 0.6 is 0 Å². The highest BCUT2D eigenvalue weighted by molar-refractivity contribution is 5.96. The number of hydrogen-bond acceptors (Lipinski definition) is 5. The number of nitrogens with one attached hydrogen (secondary N) is 1. The van der Waals surface area contributed by atoms with Gasteiger partial charge in [0.2, 0.25) is 0 Å². The number of aromatic nitrogens is 3. The lowest BCUT2D eigenvalue weighted by molar-refractivity contribution is 0.0946. The Labute approximate surface area is 135 Å². The highest BCUT2D eigenvalue weighted by atomic mass is 16.4. The van der Waals surface area contributed by atoms with Crippen molar-refractivity contribution in [1.29, 1.82) is 0 Å². The highest BCUT2D eigenvalue weighted by Gasteiger charge is 2.14. The first-order chi connectivity index (χ1) is 11.7. The van der Waals surface area contributed by atoms with Crippen molar-refractivity contribution >= 4 is 22.5 Å². The lowest BCUT2D eigenvalue weighted by Crippen LogP contribution is -2.28. The van der Waals surface area contributed by atoms with Crippen molar-refractivity contribution in [3.8, 4) is 0 Å². The van der Waals surface area contributed by atoms with Gasteiger partial charge in [-0.1, -0.05) is 24.3 Å². The standard InChI is InChI=1S/C17H12N4O3/c22-16(13-8-11-4-1-2-6-14(11)24-17(13)23)18-9-12-5-3-7-15-19-10-20-21(12)15/h1-8,10H,9H2,(H,18,22). The van der Waals surface area contributed by atoms with Gasteiger partial charge in [-0.3, -0.25) is 4.79 Å². The minimum atomic E-state index is -0.662. The molecule has 0 atom stereocenters. The second-order valence-corrected chi connectivity index (χ2v) is 5.22. The van der Waals surface area contributed by atoms with Gasteiger partial charge in [0.05, 0.1) is 12.2 Å². The van der Waals surface area contributed by atoms with E-state index in [9.17, 15) is 9.59 Å². The summed E-state index contributed by atoms with van der Waals surface area (Å²) in [6.07, 6.45) is 1.44. The quantitative estimate of drug-likeness (QED) is 0.581. The molecule has 4 rings (SSSR count). The van der Waals surface area contributed by atoms with Gasteiger partial charge in [0.1, 0.15) is 17.5 Å². The molecule has 0 saturated heterocycles. The number of fused-ring (bicyclic) bond motifs is 2. The third-order valence-corrected chi connectivity index (χ3v) is 3.70. The van der Waals surface area contributed by atoms with Crippen molar-refractivity contribution in [3.63, 3.8) is 0 Å². The van der Waals surface area contributed by atoms with Crippen LogP contribution in [0.5, 0.6) is 0 Å².